The highest BCUT2D eigenvalue weighted by Crippen LogP contribution is 2.52. The highest BCUT2D eigenvalue weighted by atomic mass is 32.2. The van der Waals surface area contributed by atoms with E-state index < -0.39 is 11.9 Å². The van der Waals surface area contributed by atoms with Gasteiger partial charge in [0, 0.05) is 5.92 Å². The van der Waals surface area contributed by atoms with E-state index in [9.17, 15) is 14.7 Å². The lowest BCUT2D eigenvalue weighted by molar-refractivity contribution is -0.151. The van der Waals surface area contributed by atoms with Gasteiger partial charge in [0.25, 0.3) is 0 Å². The summed E-state index contributed by atoms with van der Waals surface area (Å²) in [7, 11) is 0. The third-order valence-electron chi connectivity index (χ3n) is 4.86. The van der Waals surface area contributed by atoms with Crippen LogP contribution >= 0.6 is 11.8 Å². The van der Waals surface area contributed by atoms with Crippen LogP contribution in [-0.4, -0.2) is 34.7 Å². The summed E-state index contributed by atoms with van der Waals surface area (Å²) in [5, 5.41) is 9.55. The molecule has 0 aromatic heterocycles. The number of carboxylic acid groups (broad SMARTS) is 1. The van der Waals surface area contributed by atoms with Crippen LogP contribution in [0, 0.1) is 29.6 Å². The molecule has 3 rings (SSSR count). The number of ether oxygens (including phenoxy) is 1. The van der Waals surface area contributed by atoms with E-state index in [-0.39, 0.29) is 29.8 Å². The molecule has 1 aliphatic carbocycles. The molecule has 4 nitrogen and oxygen atoms in total. The van der Waals surface area contributed by atoms with Crippen molar-refractivity contribution >= 4 is 23.7 Å². The second-order valence-electron chi connectivity index (χ2n) is 5.71. The Labute approximate surface area is 110 Å². The van der Waals surface area contributed by atoms with E-state index in [4.69, 9.17) is 4.74 Å². The molecule has 0 amide bonds. The lowest BCUT2D eigenvalue weighted by atomic mass is 9.61. The van der Waals surface area contributed by atoms with Crippen molar-refractivity contribution in [3.63, 3.8) is 0 Å². The van der Waals surface area contributed by atoms with Crippen molar-refractivity contribution in [3.8, 4) is 0 Å². The van der Waals surface area contributed by atoms with Crippen molar-refractivity contribution in [1.82, 2.24) is 0 Å². The van der Waals surface area contributed by atoms with Crippen LogP contribution in [0.15, 0.2) is 0 Å². The van der Waals surface area contributed by atoms with E-state index >= 15 is 0 Å². The number of carbonyl (C=O) groups is 2. The fourth-order valence-corrected chi connectivity index (χ4v) is 5.41. The first-order chi connectivity index (χ1) is 8.59. The molecule has 6 atom stereocenters. The van der Waals surface area contributed by atoms with Crippen LogP contribution in [0.3, 0.4) is 0 Å². The smallest absolute Gasteiger partial charge is 0.309 e. The maximum atomic E-state index is 11.8. The number of thioether (sulfide) groups is 1. The Morgan fingerprint density at radius 2 is 2.28 bits per heavy atom. The molecule has 0 aromatic rings. The van der Waals surface area contributed by atoms with Gasteiger partial charge in [-0.1, -0.05) is 0 Å². The summed E-state index contributed by atoms with van der Waals surface area (Å²) in [6.07, 6.45) is 1.56. The van der Waals surface area contributed by atoms with Crippen LogP contribution in [0.4, 0.5) is 0 Å². The Balaban J connectivity index is 1.94. The van der Waals surface area contributed by atoms with Crippen molar-refractivity contribution in [3.05, 3.63) is 0 Å². The first-order valence-electron chi connectivity index (χ1n) is 6.60. The largest absolute Gasteiger partial charge is 0.481 e. The standard InChI is InChI=1S/C13H18O4S/c1-6-10-9(13(16)17-6)4-7-5-18-3-2-8(7)11(10)12(14)15/h6-11H,2-5H2,1H3,(H,14,15)/t6-,7?,8?,9?,10?,11?/m1/s1. The molecule has 18 heavy (non-hydrogen) atoms. The molecule has 1 N–H and O–H groups in total. The zero-order chi connectivity index (χ0) is 12.9. The number of cyclic esters (lactones) is 1. The van der Waals surface area contributed by atoms with Gasteiger partial charge in [0.05, 0.1) is 11.8 Å². The first-order valence-corrected chi connectivity index (χ1v) is 7.76. The van der Waals surface area contributed by atoms with Crippen LogP contribution in [0.1, 0.15) is 19.8 Å². The molecule has 100 valence electrons. The minimum absolute atomic E-state index is 0.112. The third-order valence-corrected chi connectivity index (χ3v) is 6.05. The number of fused-ring (bicyclic) bond motifs is 2. The summed E-state index contributed by atoms with van der Waals surface area (Å²) >= 11 is 1.89. The number of carbonyl (C=O) groups excluding carboxylic acids is 1. The monoisotopic (exact) mass is 270 g/mol. The number of rotatable bonds is 1. The third kappa shape index (κ3) is 1.75. The van der Waals surface area contributed by atoms with Gasteiger partial charge in [0.15, 0.2) is 0 Å². The Morgan fingerprint density at radius 3 is 3.00 bits per heavy atom. The Bertz CT molecular complexity index is 383. The molecule has 0 aromatic carbocycles. The van der Waals surface area contributed by atoms with Gasteiger partial charge in [-0.05, 0) is 43.1 Å². The highest BCUT2D eigenvalue weighted by Gasteiger charge is 2.57. The van der Waals surface area contributed by atoms with Crippen molar-refractivity contribution in [2.75, 3.05) is 11.5 Å². The van der Waals surface area contributed by atoms with Gasteiger partial charge < -0.3 is 9.84 Å². The zero-order valence-electron chi connectivity index (χ0n) is 10.4. The van der Waals surface area contributed by atoms with Gasteiger partial charge in [-0.3, -0.25) is 9.59 Å². The van der Waals surface area contributed by atoms with Crippen molar-refractivity contribution in [2.24, 2.45) is 29.6 Å². The highest BCUT2D eigenvalue weighted by molar-refractivity contribution is 7.99. The van der Waals surface area contributed by atoms with Gasteiger partial charge in [0.1, 0.15) is 6.10 Å². The van der Waals surface area contributed by atoms with E-state index in [1.54, 1.807) is 0 Å². The van der Waals surface area contributed by atoms with Gasteiger partial charge >= 0.3 is 11.9 Å². The molecule has 0 spiro atoms. The molecule has 1 saturated carbocycles. The molecule has 0 bridgehead atoms. The number of hydrogen-bond acceptors (Lipinski definition) is 4. The van der Waals surface area contributed by atoms with Crippen molar-refractivity contribution in [2.45, 2.75) is 25.9 Å². The summed E-state index contributed by atoms with van der Waals surface area (Å²) < 4.78 is 5.29. The maximum Gasteiger partial charge on any atom is 0.309 e. The Morgan fingerprint density at radius 1 is 1.50 bits per heavy atom. The van der Waals surface area contributed by atoms with E-state index in [2.05, 4.69) is 0 Å². The van der Waals surface area contributed by atoms with Crippen LogP contribution in [0.2, 0.25) is 0 Å². The minimum atomic E-state index is -0.739. The molecule has 3 fully saturated rings. The van der Waals surface area contributed by atoms with E-state index in [1.165, 1.54) is 0 Å². The number of esters is 1. The lowest BCUT2D eigenvalue weighted by Gasteiger charge is -2.44. The molecular formula is C13H18O4S. The molecule has 0 radical (unpaired) electrons. The number of aliphatic carboxylic acids is 1. The Kier molecular flexibility index (Phi) is 3.04. The molecule has 3 aliphatic rings. The maximum absolute atomic E-state index is 11.8. The molecule has 2 saturated heterocycles. The Hall–Kier alpha value is -0.710. The summed E-state index contributed by atoms with van der Waals surface area (Å²) in [6.45, 7) is 1.84. The van der Waals surface area contributed by atoms with Crippen LogP contribution in [0.5, 0.6) is 0 Å². The minimum Gasteiger partial charge on any atom is -0.481 e. The van der Waals surface area contributed by atoms with Gasteiger partial charge in [0.2, 0.25) is 0 Å². The first kappa shape index (κ1) is 12.3. The normalized spacial score (nSPS) is 47.1. The predicted molar refractivity (Wildman–Crippen MR) is 67.2 cm³/mol. The molecular weight excluding hydrogens is 252 g/mol. The van der Waals surface area contributed by atoms with E-state index in [1.807, 2.05) is 18.7 Å². The molecule has 5 unspecified atom stereocenters. The zero-order valence-corrected chi connectivity index (χ0v) is 11.2. The quantitative estimate of drug-likeness (QED) is 0.734. The summed E-state index contributed by atoms with van der Waals surface area (Å²) in [6, 6.07) is 0. The van der Waals surface area contributed by atoms with Gasteiger partial charge in [-0.15, -0.1) is 0 Å². The molecule has 2 aliphatic heterocycles. The molecule has 2 heterocycles. The van der Waals surface area contributed by atoms with Gasteiger partial charge in [-0.2, -0.15) is 11.8 Å². The average Bonchev–Trinajstić information content (AvgIpc) is 2.62. The number of hydrogen-bond donors (Lipinski definition) is 1. The van der Waals surface area contributed by atoms with Crippen LogP contribution in [-0.2, 0) is 14.3 Å². The van der Waals surface area contributed by atoms with Crippen LogP contribution in [0.25, 0.3) is 0 Å². The summed E-state index contributed by atoms with van der Waals surface area (Å²) in [5.74, 6) is 1.07. The van der Waals surface area contributed by atoms with Crippen molar-refractivity contribution < 1.29 is 19.4 Å². The number of carboxylic acids is 1. The predicted octanol–water partition coefficient (Wildman–Crippen LogP) is 1.64. The summed E-state index contributed by atoms with van der Waals surface area (Å²) in [4.78, 5) is 23.5. The fraction of sp³-hybridized carbons (Fsp3) is 0.846. The topological polar surface area (TPSA) is 63.6 Å². The molecule has 5 heteroatoms. The fourth-order valence-electron chi connectivity index (χ4n) is 4.12. The lowest BCUT2D eigenvalue weighted by Crippen LogP contribution is -2.48. The van der Waals surface area contributed by atoms with E-state index in [0.717, 1.165) is 24.3 Å². The summed E-state index contributed by atoms with van der Waals surface area (Å²) in [5.41, 5.74) is 0. The SMILES string of the molecule is C[C@H]1OC(=O)C2CC3CSCCC3C(C(=O)O)C21. The second kappa shape index (κ2) is 4.44. The average molecular weight is 270 g/mol. The second-order valence-corrected chi connectivity index (χ2v) is 6.86. The van der Waals surface area contributed by atoms with Crippen LogP contribution < -0.4 is 0 Å². The van der Waals surface area contributed by atoms with Gasteiger partial charge in [-0.25, -0.2) is 0 Å². The van der Waals surface area contributed by atoms with E-state index in [0.29, 0.717) is 5.92 Å². The van der Waals surface area contributed by atoms with Crippen molar-refractivity contribution in [1.29, 1.82) is 0 Å².